The molecule has 1 N–H and O–H groups in total. The Hall–Kier alpha value is -1.96. The summed E-state index contributed by atoms with van der Waals surface area (Å²) in [6.07, 6.45) is 5.38. The lowest BCUT2D eigenvalue weighted by atomic mass is 9.99. The van der Waals surface area contributed by atoms with Gasteiger partial charge in [-0.15, -0.1) is 0 Å². The van der Waals surface area contributed by atoms with Crippen LogP contribution < -0.4 is 19.1 Å². The van der Waals surface area contributed by atoms with Crippen LogP contribution in [-0.2, 0) is 14.8 Å². The fourth-order valence-corrected chi connectivity index (χ4v) is 3.82. The van der Waals surface area contributed by atoms with E-state index in [-0.39, 0.29) is 12.5 Å². The van der Waals surface area contributed by atoms with E-state index in [9.17, 15) is 13.2 Å². The Morgan fingerprint density at radius 2 is 1.93 bits per heavy atom. The number of hydrogen-bond donors (Lipinski definition) is 1. The molecule has 0 unspecified atom stereocenters. The lowest BCUT2D eigenvalue weighted by Crippen LogP contribution is -2.41. The van der Waals surface area contributed by atoms with Gasteiger partial charge in [0.2, 0.25) is 15.9 Å². The van der Waals surface area contributed by atoms with E-state index in [1.165, 1.54) is 0 Å². The lowest BCUT2D eigenvalue weighted by Gasteiger charge is -2.25. The highest BCUT2D eigenvalue weighted by molar-refractivity contribution is 7.92. The summed E-state index contributed by atoms with van der Waals surface area (Å²) < 4.78 is 36.6. The third-order valence-electron chi connectivity index (χ3n) is 4.63. The molecule has 152 valence electrons. The topological polar surface area (TPSA) is 84.9 Å². The maximum atomic E-state index is 12.4. The van der Waals surface area contributed by atoms with Gasteiger partial charge in [0.1, 0.15) is 19.8 Å². The molecule has 1 aromatic rings. The Morgan fingerprint density at radius 1 is 1.22 bits per heavy atom. The highest BCUT2D eigenvalue weighted by Crippen LogP contribution is 2.34. The van der Waals surface area contributed by atoms with E-state index in [1.54, 1.807) is 18.2 Å². The first-order valence-electron chi connectivity index (χ1n) is 9.49. The van der Waals surface area contributed by atoms with Gasteiger partial charge in [-0.3, -0.25) is 9.10 Å². The zero-order valence-corrected chi connectivity index (χ0v) is 17.2. The molecular weight excluding hydrogens is 368 g/mol. The summed E-state index contributed by atoms with van der Waals surface area (Å²) in [6.45, 7) is 5.41. The third kappa shape index (κ3) is 6.30. The summed E-state index contributed by atoms with van der Waals surface area (Å²) in [7, 11) is -3.62. The zero-order chi connectivity index (χ0) is 19.9. The van der Waals surface area contributed by atoms with Crippen LogP contribution in [0.3, 0.4) is 0 Å². The second kappa shape index (κ2) is 9.82. The van der Waals surface area contributed by atoms with Crippen LogP contribution in [0.4, 0.5) is 5.69 Å². The standard InChI is InChI=1S/C19H30N2O5S/c1-4-6-7-15(5-2)13-20-19(22)14-21(27(3,23)24)16-8-9-17-18(12-16)26-11-10-25-17/h8-9,12,15H,4-7,10-11,13-14H2,1-3H3,(H,20,22)/t15-/m1/s1. The minimum absolute atomic E-state index is 0.261. The SMILES string of the molecule is CCCC[C@@H](CC)CNC(=O)CN(c1ccc2c(c1)OCCO2)S(C)(=O)=O. The number of rotatable bonds is 10. The zero-order valence-electron chi connectivity index (χ0n) is 16.4. The van der Waals surface area contributed by atoms with Crippen LogP contribution in [0.2, 0.25) is 0 Å². The van der Waals surface area contributed by atoms with Crippen LogP contribution in [0.25, 0.3) is 0 Å². The minimum Gasteiger partial charge on any atom is -0.486 e. The van der Waals surface area contributed by atoms with Crippen molar-refractivity contribution in [2.45, 2.75) is 39.5 Å². The van der Waals surface area contributed by atoms with Crippen molar-refractivity contribution in [1.29, 1.82) is 0 Å². The molecule has 27 heavy (non-hydrogen) atoms. The van der Waals surface area contributed by atoms with E-state index in [0.29, 0.717) is 42.9 Å². The minimum atomic E-state index is -3.62. The first kappa shape index (κ1) is 21.3. The predicted octanol–water partition coefficient (Wildman–Crippen LogP) is 2.56. The fraction of sp³-hybridized carbons (Fsp3) is 0.632. The number of hydrogen-bond acceptors (Lipinski definition) is 5. The average Bonchev–Trinajstić information content (AvgIpc) is 2.65. The normalized spacial score (nSPS) is 14.5. The largest absolute Gasteiger partial charge is 0.486 e. The van der Waals surface area contributed by atoms with Crippen LogP contribution in [0, 0.1) is 5.92 Å². The Balaban J connectivity index is 2.06. The summed E-state index contributed by atoms with van der Waals surface area (Å²) in [5, 5.41) is 2.88. The summed E-state index contributed by atoms with van der Waals surface area (Å²) >= 11 is 0. The number of ether oxygens (including phenoxy) is 2. The number of anilines is 1. The molecule has 0 bridgehead atoms. The van der Waals surface area contributed by atoms with Gasteiger partial charge in [-0.25, -0.2) is 8.42 Å². The van der Waals surface area contributed by atoms with Gasteiger partial charge in [0.05, 0.1) is 11.9 Å². The first-order valence-corrected chi connectivity index (χ1v) is 11.3. The summed E-state index contributed by atoms with van der Waals surface area (Å²) in [6, 6.07) is 4.88. The van der Waals surface area contributed by atoms with Gasteiger partial charge >= 0.3 is 0 Å². The fourth-order valence-electron chi connectivity index (χ4n) is 2.98. The Labute approximate surface area is 162 Å². The maximum absolute atomic E-state index is 12.4. The van der Waals surface area contributed by atoms with Crippen LogP contribution >= 0.6 is 0 Å². The summed E-state index contributed by atoms with van der Waals surface area (Å²) in [4.78, 5) is 12.4. The molecule has 1 heterocycles. The molecule has 1 aromatic carbocycles. The van der Waals surface area contributed by atoms with Gasteiger partial charge in [-0.1, -0.05) is 33.1 Å². The molecule has 0 radical (unpaired) electrons. The molecule has 8 heteroatoms. The number of sulfonamides is 1. The van der Waals surface area contributed by atoms with Gasteiger partial charge in [0, 0.05) is 12.6 Å². The Bertz CT molecular complexity index is 736. The van der Waals surface area contributed by atoms with Crippen molar-refractivity contribution < 1.29 is 22.7 Å². The quantitative estimate of drug-likeness (QED) is 0.655. The molecule has 1 aliphatic heterocycles. The summed E-state index contributed by atoms with van der Waals surface area (Å²) in [5.41, 5.74) is 0.384. The number of unbranched alkanes of at least 4 members (excludes halogenated alkanes) is 1. The molecule has 0 aliphatic carbocycles. The van der Waals surface area contributed by atoms with Crippen LogP contribution in [0.15, 0.2) is 18.2 Å². The van der Waals surface area contributed by atoms with Crippen molar-refractivity contribution in [1.82, 2.24) is 5.32 Å². The second-order valence-corrected chi connectivity index (χ2v) is 8.72. The number of nitrogens with zero attached hydrogens (tertiary/aromatic N) is 1. The molecule has 1 atom stereocenters. The number of carbonyl (C=O) groups is 1. The van der Waals surface area contributed by atoms with Crippen LogP contribution in [0.5, 0.6) is 11.5 Å². The Kier molecular flexibility index (Phi) is 7.77. The van der Waals surface area contributed by atoms with Gasteiger partial charge < -0.3 is 14.8 Å². The molecule has 1 amide bonds. The molecular formula is C19H30N2O5S. The van der Waals surface area contributed by atoms with Crippen molar-refractivity contribution >= 4 is 21.6 Å². The van der Waals surface area contributed by atoms with E-state index < -0.39 is 10.0 Å². The van der Waals surface area contributed by atoms with E-state index in [0.717, 1.165) is 36.2 Å². The summed E-state index contributed by atoms with van der Waals surface area (Å²) in [5.74, 6) is 1.16. The maximum Gasteiger partial charge on any atom is 0.240 e. The smallest absolute Gasteiger partial charge is 0.240 e. The van der Waals surface area contributed by atoms with Gasteiger partial charge in [-0.2, -0.15) is 0 Å². The number of amides is 1. The van der Waals surface area contributed by atoms with Crippen molar-refractivity contribution in [2.75, 3.05) is 36.9 Å². The van der Waals surface area contributed by atoms with E-state index in [1.807, 2.05) is 0 Å². The second-order valence-electron chi connectivity index (χ2n) is 6.82. The number of fused-ring (bicyclic) bond motifs is 1. The molecule has 7 nitrogen and oxygen atoms in total. The average molecular weight is 399 g/mol. The van der Waals surface area contributed by atoms with Gasteiger partial charge in [-0.05, 0) is 24.5 Å². The molecule has 1 aliphatic rings. The van der Waals surface area contributed by atoms with Gasteiger partial charge in [0.25, 0.3) is 0 Å². The monoisotopic (exact) mass is 398 g/mol. The Morgan fingerprint density at radius 3 is 2.56 bits per heavy atom. The van der Waals surface area contributed by atoms with Crippen molar-refractivity contribution in [3.05, 3.63) is 18.2 Å². The molecule has 0 aromatic heterocycles. The molecule has 0 spiro atoms. The van der Waals surface area contributed by atoms with E-state index >= 15 is 0 Å². The number of nitrogens with one attached hydrogen (secondary N) is 1. The van der Waals surface area contributed by atoms with E-state index in [2.05, 4.69) is 19.2 Å². The van der Waals surface area contributed by atoms with E-state index in [4.69, 9.17) is 9.47 Å². The van der Waals surface area contributed by atoms with Crippen LogP contribution in [-0.4, -0.2) is 46.9 Å². The van der Waals surface area contributed by atoms with Crippen molar-refractivity contribution in [3.8, 4) is 11.5 Å². The highest BCUT2D eigenvalue weighted by atomic mass is 32.2. The number of benzene rings is 1. The molecule has 0 saturated carbocycles. The highest BCUT2D eigenvalue weighted by Gasteiger charge is 2.23. The molecule has 0 saturated heterocycles. The predicted molar refractivity (Wildman–Crippen MR) is 106 cm³/mol. The molecule has 0 fully saturated rings. The molecule has 2 rings (SSSR count). The van der Waals surface area contributed by atoms with Crippen LogP contribution in [0.1, 0.15) is 39.5 Å². The van der Waals surface area contributed by atoms with Gasteiger partial charge in [0.15, 0.2) is 11.5 Å². The van der Waals surface area contributed by atoms with Crippen molar-refractivity contribution in [2.24, 2.45) is 5.92 Å². The van der Waals surface area contributed by atoms with Crippen molar-refractivity contribution in [3.63, 3.8) is 0 Å². The third-order valence-corrected chi connectivity index (χ3v) is 5.77. The first-order chi connectivity index (χ1) is 12.8. The number of carbonyl (C=O) groups excluding carboxylic acids is 1. The lowest BCUT2D eigenvalue weighted by molar-refractivity contribution is -0.119.